The molecule has 0 aliphatic rings. The minimum absolute atomic E-state index is 0.165. The van der Waals surface area contributed by atoms with E-state index in [1.54, 1.807) is 0 Å². The van der Waals surface area contributed by atoms with Gasteiger partial charge >= 0.3 is 0 Å². The molecule has 3 heteroatoms. The van der Waals surface area contributed by atoms with Crippen molar-refractivity contribution in [3.63, 3.8) is 0 Å². The lowest BCUT2D eigenvalue weighted by Gasteiger charge is -2.08. The van der Waals surface area contributed by atoms with Crippen LogP contribution < -0.4 is 5.73 Å². The second kappa shape index (κ2) is 5.15. The van der Waals surface area contributed by atoms with Crippen LogP contribution in [-0.2, 0) is 12.8 Å². The molecule has 1 aromatic carbocycles. The van der Waals surface area contributed by atoms with E-state index >= 15 is 0 Å². The molecule has 0 fully saturated rings. The lowest BCUT2D eigenvalue weighted by atomic mass is 10.1. The van der Waals surface area contributed by atoms with Gasteiger partial charge in [0, 0.05) is 5.69 Å². The Kier molecular flexibility index (Phi) is 3.59. The van der Waals surface area contributed by atoms with Crippen molar-refractivity contribution in [2.75, 3.05) is 0 Å². The summed E-state index contributed by atoms with van der Waals surface area (Å²) < 4.78 is 0. The van der Waals surface area contributed by atoms with Crippen molar-refractivity contribution in [1.29, 1.82) is 0 Å². The number of hydrogen-bond acceptors (Lipinski definition) is 2. The molecule has 0 aliphatic heterocycles. The standard InChI is InChI=1S/C14H19N3/c1-3-11-12(4-2)17-14(16-11)13(15)10-8-6-5-7-9-10/h5-9,13H,3-4,15H2,1-2H3,(H,16,17). The monoisotopic (exact) mass is 229 g/mol. The zero-order valence-corrected chi connectivity index (χ0v) is 10.4. The van der Waals surface area contributed by atoms with Crippen molar-refractivity contribution in [1.82, 2.24) is 9.97 Å². The number of nitrogens with two attached hydrogens (primary N) is 1. The molecule has 2 aromatic rings. The van der Waals surface area contributed by atoms with Crippen LogP contribution in [0.25, 0.3) is 0 Å². The van der Waals surface area contributed by atoms with E-state index < -0.39 is 0 Å². The Morgan fingerprint density at radius 2 is 1.88 bits per heavy atom. The number of nitrogens with zero attached hydrogens (tertiary/aromatic N) is 1. The van der Waals surface area contributed by atoms with Crippen LogP contribution in [0.15, 0.2) is 30.3 Å². The summed E-state index contributed by atoms with van der Waals surface area (Å²) in [6.45, 7) is 4.25. The molecule has 90 valence electrons. The number of aromatic nitrogens is 2. The zero-order chi connectivity index (χ0) is 12.3. The van der Waals surface area contributed by atoms with Crippen molar-refractivity contribution in [2.45, 2.75) is 32.7 Å². The van der Waals surface area contributed by atoms with Gasteiger partial charge in [0.2, 0.25) is 0 Å². The summed E-state index contributed by atoms with van der Waals surface area (Å²) in [5.41, 5.74) is 9.64. The molecule has 0 saturated carbocycles. The summed E-state index contributed by atoms with van der Waals surface area (Å²) in [6.07, 6.45) is 1.92. The lowest BCUT2D eigenvalue weighted by Crippen LogP contribution is -2.13. The van der Waals surface area contributed by atoms with Gasteiger partial charge in [0.25, 0.3) is 0 Å². The Labute approximate surface area is 102 Å². The summed E-state index contributed by atoms with van der Waals surface area (Å²) in [6, 6.07) is 9.89. The third-order valence-electron chi connectivity index (χ3n) is 3.02. The molecule has 0 spiro atoms. The van der Waals surface area contributed by atoms with Crippen LogP contribution in [0.4, 0.5) is 0 Å². The zero-order valence-electron chi connectivity index (χ0n) is 10.4. The Balaban J connectivity index is 2.31. The second-order valence-corrected chi connectivity index (χ2v) is 4.14. The summed E-state index contributed by atoms with van der Waals surface area (Å²) in [5.74, 6) is 0.866. The molecule has 2 rings (SSSR count). The van der Waals surface area contributed by atoms with Gasteiger partial charge in [-0.25, -0.2) is 4.98 Å². The Morgan fingerprint density at radius 1 is 1.18 bits per heavy atom. The average molecular weight is 229 g/mol. The lowest BCUT2D eigenvalue weighted by molar-refractivity contribution is 0.793. The van der Waals surface area contributed by atoms with Crippen LogP contribution in [-0.4, -0.2) is 9.97 Å². The fraction of sp³-hybridized carbons (Fsp3) is 0.357. The maximum Gasteiger partial charge on any atom is 0.128 e. The fourth-order valence-electron chi connectivity index (χ4n) is 2.02. The van der Waals surface area contributed by atoms with Gasteiger partial charge in [-0.05, 0) is 18.4 Å². The van der Waals surface area contributed by atoms with Crippen LogP contribution in [0, 0.1) is 0 Å². The van der Waals surface area contributed by atoms with Gasteiger partial charge in [-0.2, -0.15) is 0 Å². The number of aromatic amines is 1. The van der Waals surface area contributed by atoms with E-state index in [-0.39, 0.29) is 6.04 Å². The number of imidazole rings is 1. The molecular weight excluding hydrogens is 210 g/mol. The van der Waals surface area contributed by atoms with E-state index in [1.807, 2.05) is 30.3 Å². The maximum absolute atomic E-state index is 6.21. The predicted molar refractivity (Wildman–Crippen MR) is 69.8 cm³/mol. The summed E-state index contributed by atoms with van der Waals surface area (Å²) in [7, 11) is 0. The molecule has 0 saturated heterocycles. The van der Waals surface area contributed by atoms with Crippen molar-refractivity contribution >= 4 is 0 Å². The molecule has 1 aromatic heterocycles. The molecule has 3 nitrogen and oxygen atoms in total. The highest BCUT2D eigenvalue weighted by atomic mass is 15.0. The largest absolute Gasteiger partial charge is 0.344 e. The second-order valence-electron chi connectivity index (χ2n) is 4.14. The van der Waals surface area contributed by atoms with E-state index in [4.69, 9.17) is 5.73 Å². The van der Waals surface area contributed by atoms with Crippen LogP contribution in [0.2, 0.25) is 0 Å². The molecule has 17 heavy (non-hydrogen) atoms. The van der Waals surface area contributed by atoms with Crippen LogP contribution in [0.1, 0.15) is 42.7 Å². The summed E-state index contributed by atoms with van der Waals surface area (Å²) in [4.78, 5) is 7.94. The fourth-order valence-corrected chi connectivity index (χ4v) is 2.02. The minimum Gasteiger partial charge on any atom is -0.344 e. The highest BCUT2D eigenvalue weighted by Gasteiger charge is 2.14. The minimum atomic E-state index is -0.165. The Bertz CT molecular complexity index is 452. The molecule has 0 amide bonds. The predicted octanol–water partition coefficient (Wildman–Crippen LogP) is 2.58. The first kappa shape index (κ1) is 11.9. The third kappa shape index (κ3) is 2.39. The normalized spacial score (nSPS) is 12.6. The van der Waals surface area contributed by atoms with Gasteiger partial charge in [0.05, 0.1) is 11.7 Å². The van der Waals surface area contributed by atoms with E-state index in [1.165, 1.54) is 5.69 Å². The summed E-state index contributed by atoms with van der Waals surface area (Å²) >= 11 is 0. The number of aryl methyl sites for hydroxylation is 2. The first-order valence-corrected chi connectivity index (χ1v) is 6.14. The number of benzene rings is 1. The Hall–Kier alpha value is -1.61. The quantitative estimate of drug-likeness (QED) is 0.846. The van der Waals surface area contributed by atoms with E-state index in [0.717, 1.165) is 29.9 Å². The molecule has 3 N–H and O–H groups in total. The number of nitrogens with one attached hydrogen (secondary N) is 1. The summed E-state index contributed by atoms with van der Waals surface area (Å²) in [5, 5.41) is 0. The van der Waals surface area contributed by atoms with Crippen molar-refractivity contribution in [2.24, 2.45) is 5.73 Å². The maximum atomic E-state index is 6.21. The molecular formula is C14H19N3. The number of H-pyrrole nitrogens is 1. The molecule has 0 bridgehead atoms. The number of hydrogen-bond donors (Lipinski definition) is 2. The van der Waals surface area contributed by atoms with Gasteiger partial charge in [-0.1, -0.05) is 44.2 Å². The highest BCUT2D eigenvalue weighted by Crippen LogP contribution is 2.19. The van der Waals surface area contributed by atoms with E-state index in [2.05, 4.69) is 23.8 Å². The van der Waals surface area contributed by atoms with Crippen LogP contribution >= 0.6 is 0 Å². The molecule has 1 heterocycles. The van der Waals surface area contributed by atoms with Crippen molar-refractivity contribution in [3.05, 3.63) is 53.1 Å². The van der Waals surface area contributed by atoms with E-state index in [0.29, 0.717) is 0 Å². The third-order valence-corrected chi connectivity index (χ3v) is 3.02. The van der Waals surface area contributed by atoms with Gasteiger partial charge in [0.1, 0.15) is 5.82 Å². The first-order chi connectivity index (χ1) is 8.26. The SMILES string of the molecule is CCc1nc(C(N)c2ccccc2)[nH]c1CC. The topological polar surface area (TPSA) is 54.7 Å². The average Bonchev–Trinajstić information content (AvgIpc) is 2.82. The van der Waals surface area contributed by atoms with Crippen molar-refractivity contribution < 1.29 is 0 Å². The molecule has 1 atom stereocenters. The number of rotatable bonds is 4. The van der Waals surface area contributed by atoms with Crippen LogP contribution in [0.5, 0.6) is 0 Å². The van der Waals surface area contributed by atoms with Crippen LogP contribution in [0.3, 0.4) is 0 Å². The van der Waals surface area contributed by atoms with Gasteiger partial charge in [0.15, 0.2) is 0 Å². The molecule has 0 aliphatic carbocycles. The first-order valence-electron chi connectivity index (χ1n) is 6.14. The Morgan fingerprint density at radius 3 is 2.41 bits per heavy atom. The van der Waals surface area contributed by atoms with Crippen molar-refractivity contribution in [3.8, 4) is 0 Å². The van der Waals surface area contributed by atoms with Gasteiger partial charge in [-0.15, -0.1) is 0 Å². The molecule has 0 radical (unpaired) electrons. The van der Waals surface area contributed by atoms with E-state index in [9.17, 15) is 0 Å². The molecule has 1 unspecified atom stereocenters. The van der Waals surface area contributed by atoms with Gasteiger partial charge in [-0.3, -0.25) is 0 Å². The highest BCUT2D eigenvalue weighted by molar-refractivity contribution is 5.26. The van der Waals surface area contributed by atoms with Gasteiger partial charge < -0.3 is 10.7 Å². The smallest absolute Gasteiger partial charge is 0.128 e.